The molecule has 88 valence electrons. The van der Waals surface area contributed by atoms with Gasteiger partial charge >= 0.3 is 0 Å². The second kappa shape index (κ2) is 5.12. The Hall–Kier alpha value is -1.65. The molecule has 0 saturated carbocycles. The molecule has 1 aromatic carbocycles. The largest absolute Gasteiger partial charge is 0.455 e. The molecule has 5 heteroatoms. The molecule has 17 heavy (non-hydrogen) atoms. The minimum atomic E-state index is -0.526. The topological polar surface area (TPSA) is 48.1 Å². The lowest BCUT2D eigenvalue weighted by Crippen LogP contribution is -1.99. The molecule has 0 aliphatic heterocycles. The average Bonchev–Trinajstić information content (AvgIpc) is 2.34. The maximum Gasteiger partial charge on any atom is 0.150 e. The van der Waals surface area contributed by atoms with Crippen LogP contribution in [0, 0.1) is 5.82 Å². The van der Waals surface area contributed by atoms with Crippen molar-refractivity contribution in [3.63, 3.8) is 0 Å². The molecular formula is C12H10ClFN2O. The summed E-state index contributed by atoms with van der Waals surface area (Å²) < 4.78 is 18.7. The van der Waals surface area contributed by atoms with Crippen molar-refractivity contribution in [3.8, 4) is 11.5 Å². The van der Waals surface area contributed by atoms with E-state index in [1.807, 2.05) is 0 Å². The summed E-state index contributed by atoms with van der Waals surface area (Å²) >= 11 is 5.58. The highest BCUT2D eigenvalue weighted by molar-refractivity contribution is 6.30. The summed E-state index contributed by atoms with van der Waals surface area (Å²) in [7, 11) is 0. The molecule has 0 spiro atoms. The fourth-order valence-corrected chi connectivity index (χ4v) is 1.45. The van der Waals surface area contributed by atoms with Gasteiger partial charge in [0, 0.05) is 24.4 Å². The molecular weight excluding hydrogens is 243 g/mol. The van der Waals surface area contributed by atoms with Gasteiger partial charge in [0.1, 0.15) is 17.3 Å². The summed E-state index contributed by atoms with van der Waals surface area (Å²) in [4.78, 5) is 3.93. The van der Waals surface area contributed by atoms with Crippen molar-refractivity contribution in [2.24, 2.45) is 5.73 Å². The van der Waals surface area contributed by atoms with Crippen LogP contribution in [0.3, 0.4) is 0 Å². The molecule has 2 aromatic rings. The highest BCUT2D eigenvalue weighted by Gasteiger charge is 2.06. The molecule has 1 aromatic heterocycles. The number of aromatic nitrogens is 1. The lowest BCUT2D eigenvalue weighted by molar-refractivity contribution is 0.468. The molecule has 0 amide bonds. The van der Waals surface area contributed by atoms with E-state index < -0.39 is 5.82 Å². The summed E-state index contributed by atoms with van der Waals surface area (Å²) in [5.74, 6) is 0.341. The van der Waals surface area contributed by atoms with Gasteiger partial charge < -0.3 is 10.5 Å². The maximum absolute atomic E-state index is 13.2. The van der Waals surface area contributed by atoms with Crippen LogP contribution in [0.2, 0.25) is 5.02 Å². The summed E-state index contributed by atoms with van der Waals surface area (Å²) in [6.45, 7) is 0.327. The van der Waals surface area contributed by atoms with Gasteiger partial charge in [-0.05, 0) is 18.2 Å². The zero-order valence-electron chi connectivity index (χ0n) is 8.86. The molecule has 0 aliphatic rings. The van der Waals surface area contributed by atoms with Crippen LogP contribution in [0.5, 0.6) is 11.5 Å². The van der Waals surface area contributed by atoms with Crippen molar-refractivity contribution in [3.05, 3.63) is 53.1 Å². The van der Waals surface area contributed by atoms with Gasteiger partial charge in [-0.3, -0.25) is 4.98 Å². The third kappa shape index (κ3) is 2.72. The third-order valence-corrected chi connectivity index (χ3v) is 2.52. The Morgan fingerprint density at radius 3 is 2.88 bits per heavy atom. The summed E-state index contributed by atoms with van der Waals surface area (Å²) in [6.07, 6.45) is 3.16. The normalized spacial score (nSPS) is 10.3. The molecule has 0 atom stereocenters. The van der Waals surface area contributed by atoms with Crippen LogP contribution in [0.1, 0.15) is 5.56 Å². The molecule has 0 bridgehead atoms. The Kier molecular flexibility index (Phi) is 3.56. The number of nitrogens with zero attached hydrogens (tertiary/aromatic N) is 1. The van der Waals surface area contributed by atoms with Gasteiger partial charge in [0.25, 0.3) is 0 Å². The van der Waals surface area contributed by atoms with Crippen molar-refractivity contribution < 1.29 is 9.13 Å². The van der Waals surface area contributed by atoms with E-state index in [0.717, 1.165) is 5.56 Å². The highest BCUT2D eigenvalue weighted by Crippen LogP contribution is 2.27. The Morgan fingerprint density at radius 1 is 1.35 bits per heavy atom. The molecule has 1 heterocycles. The van der Waals surface area contributed by atoms with Gasteiger partial charge in [-0.1, -0.05) is 11.6 Å². The predicted molar refractivity (Wildman–Crippen MR) is 63.6 cm³/mol. The Bertz CT molecular complexity index is 534. The van der Waals surface area contributed by atoms with E-state index >= 15 is 0 Å². The standard InChI is InChI=1S/C12H10ClFN2O/c13-10-2-1-9(5-11(10)14)17-12-7-16-4-3-8(12)6-15/h1-5,7H,6,15H2. The van der Waals surface area contributed by atoms with Gasteiger partial charge in [-0.15, -0.1) is 0 Å². The van der Waals surface area contributed by atoms with Crippen LogP contribution < -0.4 is 10.5 Å². The van der Waals surface area contributed by atoms with Crippen molar-refractivity contribution in [1.29, 1.82) is 0 Å². The zero-order chi connectivity index (χ0) is 12.3. The zero-order valence-corrected chi connectivity index (χ0v) is 9.62. The second-order valence-electron chi connectivity index (χ2n) is 3.37. The highest BCUT2D eigenvalue weighted by atomic mass is 35.5. The number of hydrogen-bond acceptors (Lipinski definition) is 3. The van der Waals surface area contributed by atoms with E-state index in [4.69, 9.17) is 22.1 Å². The smallest absolute Gasteiger partial charge is 0.150 e. The van der Waals surface area contributed by atoms with Crippen LogP contribution in [-0.2, 0) is 6.54 Å². The van der Waals surface area contributed by atoms with Gasteiger partial charge in [0.05, 0.1) is 11.2 Å². The van der Waals surface area contributed by atoms with E-state index in [-0.39, 0.29) is 5.02 Å². The second-order valence-corrected chi connectivity index (χ2v) is 3.77. The molecule has 0 aliphatic carbocycles. The van der Waals surface area contributed by atoms with Crippen molar-refractivity contribution >= 4 is 11.6 Å². The van der Waals surface area contributed by atoms with Crippen molar-refractivity contribution in [2.45, 2.75) is 6.54 Å². The first kappa shape index (κ1) is 11.8. The van der Waals surface area contributed by atoms with E-state index in [0.29, 0.717) is 18.0 Å². The third-order valence-electron chi connectivity index (χ3n) is 2.21. The van der Waals surface area contributed by atoms with E-state index in [1.165, 1.54) is 18.3 Å². The Balaban J connectivity index is 2.28. The molecule has 0 unspecified atom stereocenters. The molecule has 2 rings (SSSR count). The fourth-order valence-electron chi connectivity index (χ4n) is 1.34. The molecule has 0 saturated heterocycles. The first-order valence-electron chi connectivity index (χ1n) is 4.96. The summed E-state index contributed by atoms with van der Waals surface area (Å²) in [5.41, 5.74) is 6.36. The number of ether oxygens (including phenoxy) is 1. The number of pyridine rings is 1. The minimum absolute atomic E-state index is 0.0579. The van der Waals surface area contributed by atoms with Gasteiger partial charge in [0.15, 0.2) is 0 Å². The summed E-state index contributed by atoms with van der Waals surface area (Å²) in [6, 6.07) is 5.99. The predicted octanol–water partition coefficient (Wildman–Crippen LogP) is 3.13. The van der Waals surface area contributed by atoms with E-state index in [1.54, 1.807) is 18.3 Å². The van der Waals surface area contributed by atoms with Gasteiger partial charge in [-0.25, -0.2) is 4.39 Å². The monoisotopic (exact) mass is 252 g/mol. The van der Waals surface area contributed by atoms with Crippen LogP contribution >= 0.6 is 11.6 Å². The Morgan fingerprint density at radius 2 is 2.18 bits per heavy atom. The Labute approximate surface area is 103 Å². The first-order chi connectivity index (χ1) is 8.20. The average molecular weight is 253 g/mol. The lowest BCUT2D eigenvalue weighted by atomic mass is 10.2. The van der Waals surface area contributed by atoms with Crippen LogP contribution in [0.4, 0.5) is 4.39 Å². The SMILES string of the molecule is NCc1ccncc1Oc1ccc(Cl)c(F)c1. The number of benzene rings is 1. The molecule has 3 nitrogen and oxygen atoms in total. The number of nitrogens with two attached hydrogens (primary N) is 1. The van der Waals surface area contributed by atoms with E-state index in [2.05, 4.69) is 4.98 Å². The van der Waals surface area contributed by atoms with Gasteiger partial charge in [-0.2, -0.15) is 0 Å². The number of rotatable bonds is 3. The number of hydrogen-bond donors (Lipinski definition) is 1. The van der Waals surface area contributed by atoms with Crippen LogP contribution in [0.15, 0.2) is 36.7 Å². The molecule has 0 radical (unpaired) electrons. The summed E-state index contributed by atoms with van der Waals surface area (Å²) in [5, 5.41) is 0.0579. The molecule has 2 N–H and O–H groups in total. The van der Waals surface area contributed by atoms with Crippen LogP contribution in [-0.4, -0.2) is 4.98 Å². The van der Waals surface area contributed by atoms with Crippen molar-refractivity contribution in [2.75, 3.05) is 0 Å². The quantitative estimate of drug-likeness (QED) is 0.913. The first-order valence-corrected chi connectivity index (χ1v) is 5.34. The minimum Gasteiger partial charge on any atom is -0.455 e. The maximum atomic E-state index is 13.2. The molecule has 0 fully saturated rings. The lowest BCUT2D eigenvalue weighted by Gasteiger charge is -2.09. The fraction of sp³-hybridized carbons (Fsp3) is 0.0833. The van der Waals surface area contributed by atoms with Crippen LogP contribution in [0.25, 0.3) is 0 Å². The van der Waals surface area contributed by atoms with Gasteiger partial charge in [0.2, 0.25) is 0 Å². The van der Waals surface area contributed by atoms with E-state index in [9.17, 15) is 4.39 Å². The number of halogens is 2. The van der Waals surface area contributed by atoms with Crippen molar-refractivity contribution in [1.82, 2.24) is 4.98 Å².